The first kappa shape index (κ1) is 21.9. The molecule has 1 saturated heterocycles. The average molecular weight is 467 g/mol. The zero-order chi connectivity index (χ0) is 23.8. The molecule has 0 spiro atoms. The van der Waals surface area contributed by atoms with E-state index in [9.17, 15) is 14.4 Å². The van der Waals surface area contributed by atoms with Crippen molar-refractivity contribution in [2.24, 2.45) is 0 Å². The first-order valence-electron chi connectivity index (χ1n) is 10.9. The number of hydrogen-bond acceptors (Lipinski definition) is 4. The molecule has 0 saturated carbocycles. The topological polar surface area (TPSA) is 66.5 Å². The first-order chi connectivity index (χ1) is 16.4. The number of nitrogens with zero attached hydrogens (tertiary/aromatic N) is 1. The fourth-order valence-electron chi connectivity index (χ4n) is 4.18. The van der Waals surface area contributed by atoms with E-state index in [0.717, 1.165) is 54.9 Å². The molecule has 1 N–H and O–H groups in total. The number of hydrogen-bond donors (Lipinski definition) is 1. The maximum atomic E-state index is 13.1. The summed E-state index contributed by atoms with van der Waals surface area (Å²) in [4.78, 5) is 39.8. The minimum atomic E-state index is -0.455. The fourth-order valence-corrected chi connectivity index (χ4v) is 5.00. The van der Waals surface area contributed by atoms with Gasteiger partial charge in [0.15, 0.2) is 0 Å². The van der Waals surface area contributed by atoms with Gasteiger partial charge in [0.05, 0.1) is 4.91 Å². The summed E-state index contributed by atoms with van der Waals surface area (Å²) in [5.41, 5.74) is 3.49. The van der Waals surface area contributed by atoms with E-state index in [4.69, 9.17) is 0 Å². The molecule has 0 aromatic heterocycles. The molecule has 1 aliphatic heterocycles. The predicted molar refractivity (Wildman–Crippen MR) is 139 cm³/mol. The Labute approximate surface area is 201 Å². The van der Waals surface area contributed by atoms with Crippen LogP contribution in [0, 0.1) is 13.8 Å². The number of rotatable bonds is 4. The number of aryl methyl sites for hydroxylation is 2. The molecular formula is C28H22N2O3S. The number of imide groups is 1. The second-order valence-electron chi connectivity index (χ2n) is 8.37. The molecule has 34 heavy (non-hydrogen) atoms. The number of amides is 3. The van der Waals surface area contributed by atoms with Gasteiger partial charge in [-0.15, -0.1) is 0 Å². The van der Waals surface area contributed by atoms with Crippen molar-refractivity contribution in [2.75, 3.05) is 11.9 Å². The highest BCUT2D eigenvalue weighted by Crippen LogP contribution is 2.36. The van der Waals surface area contributed by atoms with E-state index < -0.39 is 17.1 Å². The monoisotopic (exact) mass is 466 g/mol. The van der Waals surface area contributed by atoms with Crippen LogP contribution in [0.2, 0.25) is 0 Å². The molecule has 5 nitrogen and oxygen atoms in total. The second kappa shape index (κ2) is 8.80. The Morgan fingerprint density at radius 3 is 2.24 bits per heavy atom. The highest BCUT2D eigenvalue weighted by atomic mass is 32.2. The van der Waals surface area contributed by atoms with Crippen molar-refractivity contribution in [1.82, 2.24) is 4.90 Å². The van der Waals surface area contributed by atoms with Crippen molar-refractivity contribution in [3.05, 3.63) is 94.4 Å². The molecule has 168 valence electrons. The summed E-state index contributed by atoms with van der Waals surface area (Å²) in [7, 11) is 0. The Morgan fingerprint density at radius 1 is 0.912 bits per heavy atom. The summed E-state index contributed by atoms with van der Waals surface area (Å²) < 4.78 is 0. The lowest BCUT2D eigenvalue weighted by Crippen LogP contribution is -2.36. The van der Waals surface area contributed by atoms with Gasteiger partial charge in [-0.1, -0.05) is 60.7 Å². The molecule has 5 rings (SSSR count). The molecule has 0 aliphatic carbocycles. The maximum absolute atomic E-state index is 13.1. The van der Waals surface area contributed by atoms with Gasteiger partial charge in [-0.05, 0) is 82.1 Å². The minimum absolute atomic E-state index is 0.311. The Kier molecular flexibility index (Phi) is 5.67. The molecular weight excluding hydrogens is 444 g/mol. The zero-order valence-electron chi connectivity index (χ0n) is 18.8. The molecule has 1 heterocycles. The summed E-state index contributed by atoms with van der Waals surface area (Å²) in [5, 5.41) is 6.48. The van der Waals surface area contributed by atoms with Crippen LogP contribution in [0.25, 0.3) is 27.6 Å². The third-order valence-corrected chi connectivity index (χ3v) is 6.84. The third-order valence-electron chi connectivity index (χ3n) is 5.93. The van der Waals surface area contributed by atoms with Crippen LogP contribution in [-0.2, 0) is 9.59 Å². The van der Waals surface area contributed by atoms with Crippen LogP contribution < -0.4 is 5.32 Å². The molecule has 0 unspecified atom stereocenters. The number of carbonyl (C=O) groups is 3. The lowest BCUT2D eigenvalue weighted by atomic mass is 9.96. The van der Waals surface area contributed by atoms with Gasteiger partial charge in [-0.25, -0.2) is 0 Å². The maximum Gasteiger partial charge on any atom is 0.294 e. The number of thioether (sulfide) groups is 1. The van der Waals surface area contributed by atoms with Crippen LogP contribution >= 0.6 is 11.8 Å². The summed E-state index contributed by atoms with van der Waals surface area (Å²) in [6, 6.07) is 23.8. The van der Waals surface area contributed by atoms with Crippen molar-refractivity contribution in [3.63, 3.8) is 0 Å². The van der Waals surface area contributed by atoms with Gasteiger partial charge in [0.2, 0.25) is 5.91 Å². The summed E-state index contributed by atoms with van der Waals surface area (Å²) in [5.74, 6) is -0.865. The molecule has 0 radical (unpaired) electrons. The Bertz CT molecular complexity index is 1470. The number of benzene rings is 4. The second-order valence-corrected chi connectivity index (χ2v) is 9.36. The van der Waals surface area contributed by atoms with Gasteiger partial charge in [-0.3, -0.25) is 19.3 Å². The van der Waals surface area contributed by atoms with E-state index in [1.807, 2.05) is 80.6 Å². The number of anilines is 1. The van der Waals surface area contributed by atoms with Gasteiger partial charge in [0, 0.05) is 5.69 Å². The molecule has 6 heteroatoms. The van der Waals surface area contributed by atoms with E-state index >= 15 is 0 Å². The number of nitrogens with one attached hydrogen (secondary N) is 1. The Balaban J connectivity index is 1.45. The summed E-state index contributed by atoms with van der Waals surface area (Å²) >= 11 is 0.866. The molecule has 1 aliphatic rings. The van der Waals surface area contributed by atoms with Crippen LogP contribution in [-0.4, -0.2) is 28.5 Å². The lowest BCUT2D eigenvalue weighted by molar-refractivity contribution is -0.127. The van der Waals surface area contributed by atoms with E-state index in [1.54, 1.807) is 6.08 Å². The van der Waals surface area contributed by atoms with Crippen molar-refractivity contribution >= 4 is 62.1 Å². The molecule has 4 aromatic carbocycles. The Morgan fingerprint density at radius 2 is 1.56 bits per heavy atom. The molecule has 3 amide bonds. The largest absolute Gasteiger partial charge is 0.324 e. The zero-order valence-corrected chi connectivity index (χ0v) is 19.6. The summed E-state index contributed by atoms with van der Waals surface area (Å²) in [6.45, 7) is 3.51. The number of fused-ring (bicyclic) bond motifs is 2. The van der Waals surface area contributed by atoms with Gasteiger partial charge >= 0.3 is 0 Å². The summed E-state index contributed by atoms with van der Waals surface area (Å²) in [6.07, 6.45) is 1.78. The van der Waals surface area contributed by atoms with Gasteiger partial charge < -0.3 is 5.32 Å². The third kappa shape index (κ3) is 4.08. The van der Waals surface area contributed by atoms with Crippen molar-refractivity contribution in [2.45, 2.75) is 13.8 Å². The SMILES string of the molecule is Cc1ccc(C)c(NC(=O)CN2C(=O)S/C(=C/c3c4ccccc4cc4ccccc34)C2=O)c1. The highest BCUT2D eigenvalue weighted by molar-refractivity contribution is 8.18. The van der Waals surface area contributed by atoms with Crippen molar-refractivity contribution in [3.8, 4) is 0 Å². The van der Waals surface area contributed by atoms with Crippen molar-refractivity contribution in [1.29, 1.82) is 0 Å². The quantitative estimate of drug-likeness (QED) is 0.284. The molecule has 1 fully saturated rings. The smallest absolute Gasteiger partial charge is 0.294 e. The van der Waals surface area contributed by atoms with Gasteiger partial charge in [0.25, 0.3) is 11.1 Å². The molecule has 0 atom stereocenters. The van der Waals surface area contributed by atoms with E-state index in [2.05, 4.69) is 11.4 Å². The van der Waals surface area contributed by atoms with Crippen LogP contribution in [0.15, 0.2) is 77.7 Å². The van der Waals surface area contributed by atoms with Crippen LogP contribution in [0.4, 0.5) is 10.5 Å². The average Bonchev–Trinajstić information content (AvgIpc) is 3.08. The van der Waals surface area contributed by atoms with Crippen LogP contribution in [0.3, 0.4) is 0 Å². The standard InChI is InChI=1S/C28H22N2O3S/c1-17-11-12-18(2)24(13-17)29-26(31)16-30-27(32)25(34-28(30)33)15-23-21-9-5-3-7-19(21)14-20-8-4-6-10-22(20)23/h3-15H,16H2,1-2H3,(H,29,31)/b25-15+. The predicted octanol–water partition coefficient (Wildman–Crippen LogP) is 6.28. The van der Waals surface area contributed by atoms with E-state index in [0.29, 0.717) is 10.6 Å². The molecule has 4 aromatic rings. The minimum Gasteiger partial charge on any atom is -0.324 e. The number of carbonyl (C=O) groups excluding carboxylic acids is 3. The normalized spacial score (nSPS) is 15.0. The van der Waals surface area contributed by atoms with Gasteiger partial charge in [0.1, 0.15) is 6.54 Å². The van der Waals surface area contributed by atoms with Crippen LogP contribution in [0.5, 0.6) is 0 Å². The first-order valence-corrected chi connectivity index (χ1v) is 11.8. The van der Waals surface area contributed by atoms with Crippen LogP contribution in [0.1, 0.15) is 16.7 Å². The highest BCUT2D eigenvalue weighted by Gasteiger charge is 2.36. The fraction of sp³-hybridized carbons (Fsp3) is 0.107. The lowest BCUT2D eigenvalue weighted by Gasteiger charge is -2.14. The molecule has 0 bridgehead atoms. The van der Waals surface area contributed by atoms with Gasteiger partial charge in [-0.2, -0.15) is 0 Å². The Hall–Kier alpha value is -3.90. The van der Waals surface area contributed by atoms with Crippen molar-refractivity contribution < 1.29 is 14.4 Å². The van der Waals surface area contributed by atoms with E-state index in [-0.39, 0.29) is 6.54 Å². The van der Waals surface area contributed by atoms with E-state index in [1.165, 1.54) is 0 Å².